The number of amides is 1. The molecule has 0 bridgehead atoms. The van der Waals surface area contributed by atoms with Gasteiger partial charge in [0.05, 0.1) is 19.3 Å². The van der Waals surface area contributed by atoms with Gasteiger partial charge >= 0.3 is 0 Å². The Balaban J connectivity index is 1.48. The lowest BCUT2D eigenvalue weighted by molar-refractivity contribution is -0.135. The van der Waals surface area contributed by atoms with Crippen LogP contribution in [0.15, 0.2) is 4.99 Å². The van der Waals surface area contributed by atoms with Gasteiger partial charge in [0.1, 0.15) is 0 Å². The van der Waals surface area contributed by atoms with Crippen LogP contribution in [0.4, 0.5) is 0 Å². The van der Waals surface area contributed by atoms with Crippen molar-refractivity contribution < 1.29 is 9.53 Å². The molecule has 3 fully saturated rings. The number of likely N-dealkylation sites (N-methyl/N-ethyl adjacent to an activating group) is 1. The van der Waals surface area contributed by atoms with Gasteiger partial charge in [-0.15, -0.1) is 0 Å². The van der Waals surface area contributed by atoms with Crippen molar-refractivity contribution in [3.8, 4) is 0 Å². The number of guanidine groups is 1. The maximum atomic E-state index is 12.8. The highest BCUT2D eigenvalue weighted by Crippen LogP contribution is 2.26. The molecule has 0 spiro atoms. The van der Waals surface area contributed by atoms with Gasteiger partial charge in [0.25, 0.3) is 0 Å². The molecule has 1 saturated carbocycles. The predicted octanol–water partition coefficient (Wildman–Crippen LogP) is 1.05. The van der Waals surface area contributed by atoms with Crippen molar-refractivity contribution in [1.82, 2.24) is 20.4 Å². The van der Waals surface area contributed by atoms with E-state index in [1.807, 2.05) is 0 Å². The predicted molar refractivity (Wildman–Crippen MR) is 108 cm³/mol. The first-order valence-electron chi connectivity index (χ1n) is 10.8. The number of nitrogens with zero attached hydrogens (tertiary/aromatic N) is 3. The molecule has 3 rings (SSSR count). The van der Waals surface area contributed by atoms with Crippen LogP contribution in [0.3, 0.4) is 0 Å². The summed E-state index contributed by atoms with van der Waals surface area (Å²) in [6, 6.07) is 0.283. The molecule has 2 heterocycles. The van der Waals surface area contributed by atoms with E-state index in [4.69, 9.17) is 9.73 Å². The fourth-order valence-electron chi connectivity index (χ4n) is 4.37. The van der Waals surface area contributed by atoms with Gasteiger partial charge in [0.15, 0.2) is 5.96 Å². The molecule has 2 atom stereocenters. The molecule has 154 valence electrons. The summed E-state index contributed by atoms with van der Waals surface area (Å²) < 4.78 is 5.81. The Labute approximate surface area is 163 Å². The largest absolute Gasteiger partial charge is 0.374 e. The number of nitrogens with one attached hydrogen (secondary N) is 2. The van der Waals surface area contributed by atoms with Crippen molar-refractivity contribution in [1.29, 1.82) is 0 Å². The smallest absolute Gasteiger partial charge is 0.225 e. The Morgan fingerprint density at radius 3 is 2.70 bits per heavy atom. The van der Waals surface area contributed by atoms with Gasteiger partial charge in [-0.1, -0.05) is 19.3 Å². The zero-order valence-electron chi connectivity index (χ0n) is 17.1. The molecule has 0 aromatic carbocycles. The Kier molecular flexibility index (Phi) is 7.76. The third-order valence-corrected chi connectivity index (χ3v) is 5.93. The summed E-state index contributed by atoms with van der Waals surface area (Å²) in [5, 5.41) is 6.87. The third-order valence-electron chi connectivity index (χ3n) is 5.93. The summed E-state index contributed by atoms with van der Waals surface area (Å²) in [5.74, 6) is 1.48. The van der Waals surface area contributed by atoms with Crippen molar-refractivity contribution in [2.24, 2.45) is 10.9 Å². The average molecular weight is 380 g/mol. The molecule has 27 heavy (non-hydrogen) atoms. The second-order valence-corrected chi connectivity index (χ2v) is 8.22. The van der Waals surface area contributed by atoms with Gasteiger partial charge in [-0.2, -0.15) is 0 Å². The summed E-state index contributed by atoms with van der Waals surface area (Å²) in [7, 11) is 2.12. The van der Waals surface area contributed by atoms with E-state index in [0.717, 1.165) is 64.6 Å². The van der Waals surface area contributed by atoms with E-state index >= 15 is 0 Å². The molecule has 0 aromatic heterocycles. The summed E-state index contributed by atoms with van der Waals surface area (Å²) in [5.41, 5.74) is 0. The highest BCUT2D eigenvalue weighted by Gasteiger charge is 2.31. The number of ether oxygens (including phenoxy) is 1. The molecule has 7 nitrogen and oxygen atoms in total. The molecule has 1 aliphatic carbocycles. The fraction of sp³-hybridized carbons (Fsp3) is 0.900. The van der Waals surface area contributed by atoms with Crippen LogP contribution >= 0.6 is 0 Å². The Morgan fingerprint density at radius 1 is 1.15 bits per heavy atom. The van der Waals surface area contributed by atoms with E-state index in [1.54, 1.807) is 0 Å². The number of carbonyl (C=O) groups is 1. The van der Waals surface area contributed by atoms with Crippen LogP contribution in [0.2, 0.25) is 0 Å². The zero-order valence-corrected chi connectivity index (χ0v) is 17.1. The van der Waals surface area contributed by atoms with Crippen molar-refractivity contribution in [3.63, 3.8) is 0 Å². The standard InChI is InChI=1S/C20H37N5O2/c1-3-21-20(22-13-18-15-24(2)11-12-27-18)23-17-9-10-25(14-17)19(26)16-7-5-4-6-8-16/h16-18H,3-15H2,1-2H3,(H2,21,22,23). The number of morpholine rings is 1. The monoisotopic (exact) mass is 379 g/mol. The highest BCUT2D eigenvalue weighted by atomic mass is 16.5. The van der Waals surface area contributed by atoms with E-state index in [0.29, 0.717) is 12.5 Å². The number of likely N-dealkylation sites (tertiary alicyclic amines) is 1. The van der Waals surface area contributed by atoms with Crippen LogP contribution in [-0.4, -0.2) is 86.7 Å². The van der Waals surface area contributed by atoms with E-state index in [9.17, 15) is 4.79 Å². The first-order chi connectivity index (χ1) is 13.2. The van der Waals surface area contributed by atoms with Crippen LogP contribution in [0, 0.1) is 5.92 Å². The lowest BCUT2D eigenvalue weighted by Crippen LogP contribution is -2.46. The number of rotatable bonds is 5. The lowest BCUT2D eigenvalue weighted by atomic mass is 9.88. The minimum atomic E-state index is 0.159. The maximum absolute atomic E-state index is 12.8. The Bertz CT molecular complexity index is 507. The third kappa shape index (κ3) is 6.07. The number of carbonyl (C=O) groups excluding carboxylic acids is 1. The molecule has 2 unspecified atom stereocenters. The van der Waals surface area contributed by atoms with E-state index in [2.05, 4.69) is 34.4 Å². The van der Waals surface area contributed by atoms with Gasteiger partial charge in [-0.25, -0.2) is 0 Å². The highest BCUT2D eigenvalue weighted by molar-refractivity contribution is 5.81. The minimum Gasteiger partial charge on any atom is -0.374 e. The molecule has 3 aliphatic rings. The van der Waals surface area contributed by atoms with Gasteiger partial charge in [-0.05, 0) is 33.2 Å². The fourth-order valence-corrected chi connectivity index (χ4v) is 4.37. The SMILES string of the molecule is CCNC(=NCC1CN(C)CCO1)NC1CCN(C(=O)C2CCCCC2)C1. The first kappa shape index (κ1) is 20.4. The average Bonchev–Trinajstić information content (AvgIpc) is 3.15. The second-order valence-electron chi connectivity index (χ2n) is 8.22. The molecular weight excluding hydrogens is 342 g/mol. The molecular formula is C20H37N5O2. The van der Waals surface area contributed by atoms with Crippen LogP contribution in [0.1, 0.15) is 45.4 Å². The molecule has 2 aliphatic heterocycles. The molecule has 1 amide bonds. The number of hydrogen-bond donors (Lipinski definition) is 2. The molecule has 0 aromatic rings. The molecule has 2 N–H and O–H groups in total. The molecule has 2 saturated heterocycles. The normalized spacial score (nSPS) is 28.4. The number of aliphatic imine (C=N–C) groups is 1. The van der Waals surface area contributed by atoms with Gasteiger partial charge in [-0.3, -0.25) is 9.79 Å². The molecule has 0 radical (unpaired) electrons. The Hall–Kier alpha value is -1.34. The van der Waals surface area contributed by atoms with Crippen molar-refractivity contribution in [2.75, 3.05) is 52.9 Å². The van der Waals surface area contributed by atoms with Crippen molar-refractivity contribution >= 4 is 11.9 Å². The van der Waals surface area contributed by atoms with Crippen LogP contribution in [0.5, 0.6) is 0 Å². The number of hydrogen-bond acceptors (Lipinski definition) is 4. The first-order valence-corrected chi connectivity index (χ1v) is 10.8. The van der Waals surface area contributed by atoms with Crippen LogP contribution < -0.4 is 10.6 Å². The van der Waals surface area contributed by atoms with Gasteiger partial charge in [0.2, 0.25) is 5.91 Å². The summed E-state index contributed by atoms with van der Waals surface area (Å²) in [4.78, 5) is 21.8. The topological polar surface area (TPSA) is 69.2 Å². The van der Waals surface area contributed by atoms with Crippen molar-refractivity contribution in [3.05, 3.63) is 0 Å². The lowest BCUT2D eigenvalue weighted by Gasteiger charge is -2.29. The summed E-state index contributed by atoms with van der Waals surface area (Å²) in [6.07, 6.45) is 7.01. The van der Waals surface area contributed by atoms with Crippen molar-refractivity contribution in [2.45, 2.75) is 57.6 Å². The Morgan fingerprint density at radius 2 is 1.96 bits per heavy atom. The van der Waals surface area contributed by atoms with Gasteiger partial charge < -0.3 is 25.2 Å². The zero-order chi connectivity index (χ0) is 19.1. The van der Waals surface area contributed by atoms with Crippen LogP contribution in [0.25, 0.3) is 0 Å². The second kappa shape index (κ2) is 10.3. The summed E-state index contributed by atoms with van der Waals surface area (Å²) >= 11 is 0. The summed E-state index contributed by atoms with van der Waals surface area (Å²) in [6.45, 7) is 7.93. The molecule has 7 heteroatoms. The van der Waals surface area contributed by atoms with E-state index in [1.165, 1.54) is 19.3 Å². The minimum absolute atomic E-state index is 0.159. The quantitative estimate of drug-likeness (QED) is 0.552. The van der Waals surface area contributed by atoms with Gasteiger partial charge in [0, 0.05) is 44.7 Å². The maximum Gasteiger partial charge on any atom is 0.225 e. The van der Waals surface area contributed by atoms with E-state index in [-0.39, 0.29) is 18.1 Å². The van der Waals surface area contributed by atoms with Crippen LogP contribution in [-0.2, 0) is 9.53 Å². The van der Waals surface area contributed by atoms with E-state index < -0.39 is 0 Å².